The van der Waals surface area contributed by atoms with Gasteiger partial charge >= 0.3 is 0 Å². The lowest BCUT2D eigenvalue weighted by Gasteiger charge is -2.44. The van der Waals surface area contributed by atoms with Gasteiger partial charge in [-0.3, -0.25) is 0 Å². The van der Waals surface area contributed by atoms with Gasteiger partial charge in [0.2, 0.25) is 0 Å². The van der Waals surface area contributed by atoms with Crippen molar-refractivity contribution < 1.29 is 4.74 Å². The third-order valence-electron chi connectivity index (χ3n) is 3.44. The molecule has 1 aromatic carbocycles. The highest BCUT2D eigenvalue weighted by Crippen LogP contribution is 2.35. The Kier molecular flexibility index (Phi) is 3.53. The van der Waals surface area contributed by atoms with Crippen LogP contribution in [0.4, 0.5) is 0 Å². The van der Waals surface area contributed by atoms with Crippen molar-refractivity contribution >= 4 is 11.6 Å². The van der Waals surface area contributed by atoms with E-state index in [2.05, 4.69) is 24.4 Å². The molecule has 88 valence electrons. The molecular weight excluding hydrogens is 222 g/mol. The maximum absolute atomic E-state index is 6.05. The summed E-state index contributed by atoms with van der Waals surface area (Å²) in [6.07, 6.45) is 1.32. The number of hydrogen-bond donors (Lipinski definition) is 1. The Balaban J connectivity index is 2.21. The van der Waals surface area contributed by atoms with Crippen LogP contribution >= 0.6 is 11.6 Å². The number of halogens is 1. The Hall–Kier alpha value is -0.570. The highest BCUT2D eigenvalue weighted by Gasteiger charge is 2.39. The maximum Gasteiger partial charge on any atom is 0.0552 e. The zero-order valence-electron chi connectivity index (χ0n) is 9.79. The summed E-state index contributed by atoms with van der Waals surface area (Å²) in [5, 5.41) is 4.16. The average molecular weight is 240 g/mol. The first kappa shape index (κ1) is 11.9. The molecule has 0 spiro atoms. The standard InChI is InChI=1S/C13H18ClNO/c1-10(16-2)7-13(8-15-9-13)11-4-3-5-12(14)6-11/h3-6,10,15H,7-9H2,1-2H3. The number of hydrogen-bond acceptors (Lipinski definition) is 2. The van der Waals surface area contributed by atoms with Gasteiger partial charge in [0.1, 0.15) is 0 Å². The van der Waals surface area contributed by atoms with Crippen LogP contribution in [0, 0.1) is 0 Å². The minimum absolute atomic E-state index is 0.209. The number of benzene rings is 1. The fourth-order valence-electron chi connectivity index (χ4n) is 2.35. The molecule has 1 heterocycles. The van der Waals surface area contributed by atoms with Crippen molar-refractivity contribution in [1.82, 2.24) is 5.32 Å². The summed E-state index contributed by atoms with van der Waals surface area (Å²) in [4.78, 5) is 0. The van der Waals surface area contributed by atoms with Gasteiger partial charge in [0.15, 0.2) is 0 Å². The van der Waals surface area contributed by atoms with Crippen molar-refractivity contribution in [2.45, 2.75) is 24.9 Å². The molecule has 1 N–H and O–H groups in total. The minimum Gasteiger partial charge on any atom is -0.382 e. The second-order valence-electron chi connectivity index (χ2n) is 4.64. The van der Waals surface area contributed by atoms with Crippen LogP contribution in [-0.4, -0.2) is 26.3 Å². The molecule has 1 unspecified atom stereocenters. The van der Waals surface area contributed by atoms with E-state index in [0.717, 1.165) is 24.5 Å². The Morgan fingerprint density at radius 3 is 2.75 bits per heavy atom. The predicted molar refractivity (Wildman–Crippen MR) is 67.1 cm³/mol. The van der Waals surface area contributed by atoms with Gasteiger partial charge in [0.05, 0.1) is 6.10 Å². The number of nitrogens with one attached hydrogen (secondary N) is 1. The second-order valence-corrected chi connectivity index (χ2v) is 5.08. The van der Waals surface area contributed by atoms with Gasteiger partial charge in [-0.15, -0.1) is 0 Å². The molecule has 1 fully saturated rings. The quantitative estimate of drug-likeness (QED) is 0.872. The second kappa shape index (κ2) is 4.74. The molecular formula is C13H18ClNO. The first-order valence-corrected chi connectivity index (χ1v) is 6.04. The molecule has 1 atom stereocenters. The van der Waals surface area contributed by atoms with E-state index in [1.54, 1.807) is 7.11 Å². The Morgan fingerprint density at radius 1 is 1.50 bits per heavy atom. The monoisotopic (exact) mass is 239 g/mol. The summed E-state index contributed by atoms with van der Waals surface area (Å²) in [5.74, 6) is 0. The summed E-state index contributed by atoms with van der Waals surface area (Å²) in [5.41, 5.74) is 1.53. The fraction of sp³-hybridized carbons (Fsp3) is 0.538. The molecule has 1 aliphatic rings. The minimum atomic E-state index is 0.209. The molecule has 2 rings (SSSR count). The van der Waals surface area contributed by atoms with Crippen molar-refractivity contribution in [1.29, 1.82) is 0 Å². The summed E-state index contributed by atoms with van der Waals surface area (Å²) >= 11 is 6.05. The Labute approximate surface area is 102 Å². The molecule has 0 aromatic heterocycles. The summed E-state index contributed by atoms with van der Waals surface area (Å²) in [7, 11) is 1.77. The van der Waals surface area contributed by atoms with Gasteiger partial charge in [-0.05, 0) is 31.0 Å². The van der Waals surface area contributed by atoms with E-state index in [1.807, 2.05) is 12.1 Å². The van der Waals surface area contributed by atoms with Crippen LogP contribution in [0.3, 0.4) is 0 Å². The van der Waals surface area contributed by atoms with Crippen molar-refractivity contribution in [3.63, 3.8) is 0 Å². The van der Waals surface area contributed by atoms with Crippen molar-refractivity contribution in [3.05, 3.63) is 34.9 Å². The molecule has 3 heteroatoms. The topological polar surface area (TPSA) is 21.3 Å². The van der Waals surface area contributed by atoms with E-state index in [1.165, 1.54) is 5.56 Å². The molecule has 0 radical (unpaired) electrons. The molecule has 0 saturated carbocycles. The molecule has 16 heavy (non-hydrogen) atoms. The van der Waals surface area contributed by atoms with Crippen molar-refractivity contribution in [2.75, 3.05) is 20.2 Å². The molecule has 0 amide bonds. The number of rotatable bonds is 4. The predicted octanol–water partition coefficient (Wildman–Crippen LogP) is 2.61. The van der Waals surface area contributed by atoms with Gasteiger partial charge in [-0.2, -0.15) is 0 Å². The lowest BCUT2D eigenvalue weighted by molar-refractivity contribution is 0.0717. The van der Waals surface area contributed by atoms with E-state index in [0.29, 0.717) is 0 Å². The molecule has 0 bridgehead atoms. The van der Waals surface area contributed by atoms with Crippen LogP contribution in [-0.2, 0) is 10.2 Å². The van der Waals surface area contributed by atoms with Gasteiger partial charge in [0.25, 0.3) is 0 Å². The summed E-state index contributed by atoms with van der Waals surface area (Å²) < 4.78 is 5.37. The van der Waals surface area contributed by atoms with E-state index in [-0.39, 0.29) is 11.5 Å². The Morgan fingerprint density at radius 2 is 2.25 bits per heavy atom. The van der Waals surface area contributed by atoms with Crippen molar-refractivity contribution in [2.24, 2.45) is 0 Å². The largest absolute Gasteiger partial charge is 0.382 e. The maximum atomic E-state index is 6.05. The van der Waals surface area contributed by atoms with Crippen molar-refractivity contribution in [3.8, 4) is 0 Å². The van der Waals surface area contributed by atoms with Crippen LogP contribution in [0.1, 0.15) is 18.9 Å². The van der Waals surface area contributed by atoms with Crippen LogP contribution in [0.25, 0.3) is 0 Å². The lowest BCUT2D eigenvalue weighted by Crippen LogP contribution is -2.58. The fourth-order valence-corrected chi connectivity index (χ4v) is 2.54. The number of methoxy groups -OCH3 is 1. The zero-order valence-corrected chi connectivity index (χ0v) is 10.6. The molecule has 1 aromatic rings. The zero-order chi connectivity index (χ0) is 11.6. The number of ether oxygens (including phenoxy) is 1. The Bertz CT molecular complexity index is 363. The highest BCUT2D eigenvalue weighted by molar-refractivity contribution is 6.30. The molecule has 2 nitrogen and oxygen atoms in total. The summed E-state index contributed by atoms with van der Waals surface area (Å²) in [6, 6.07) is 8.18. The third-order valence-corrected chi connectivity index (χ3v) is 3.68. The summed E-state index contributed by atoms with van der Waals surface area (Å²) in [6.45, 7) is 4.15. The van der Waals surface area contributed by atoms with E-state index < -0.39 is 0 Å². The highest BCUT2D eigenvalue weighted by atomic mass is 35.5. The first-order valence-electron chi connectivity index (χ1n) is 5.66. The van der Waals surface area contributed by atoms with E-state index in [4.69, 9.17) is 16.3 Å². The van der Waals surface area contributed by atoms with Crippen LogP contribution in [0.2, 0.25) is 5.02 Å². The molecule has 1 saturated heterocycles. The lowest BCUT2D eigenvalue weighted by atomic mass is 9.71. The third kappa shape index (κ3) is 2.24. The van der Waals surface area contributed by atoms with E-state index in [9.17, 15) is 0 Å². The van der Waals surface area contributed by atoms with E-state index >= 15 is 0 Å². The van der Waals surface area contributed by atoms with Gasteiger partial charge in [0, 0.05) is 30.6 Å². The average Bonchev–Trinajstić information content (AvgIpc) is 2.23. The van der Waals surface area contributed by atoms with Gasteiger partial charge in [-0.1, -0.05) is 23.7 Å². The van der Waals surface area contributed by atoms with Gasteiger partial charge in [-0.25, -0.2) is 0 Å². The van der Waals surface area contributed by atoms with Crippen LogP contribution in [0.15, 0.2) is 24.3 Å². The molecule has 1 aliphatic heterocycles. The van der Waals surface area contributed by atoms with Gasteiger partial charge < -0.3 is 10.1 Å². The first-order chi connectivity index (χ1) is 7.66. The normalized spacial score (nSPS) is 20.2. The SMILES string of the molecule is COC(C)CC1(c2cccc(Cl)c2)CNC1. The van der Waals surface area contributed by atoms with Crippen LogP contribution < -0.4 is 5.32 Å². The molecule has 0 aliphatic carbocycles. The smallest absolute Gasteiger partial charge is 0.0552 e. The van der Waals surface area contributed by atoms with Crippen LogP contribution in [0.5, 0.6) is 0 Å².